The third-order valence-corrected chi connectivity index (χ3v) is 5.89. The first kappa shape index (κ1) is 25.0. The van der Waals surface area contributed by atoms with Crippen LogP contribution in [0.5, 0.6) is 11.5 Å². The van der Waals surface area contributed by atoms with Crippen LogP contribution in [0.25, 0.3) is 5.76 Å². The molecule has 2 heterocycles. The third-order valence-electron chi connectivity index (χ3n) is 5.89. The van der Waals surface area contributed by atoms with E-state index in [1.807, 2.05) is 13.8 Å². The Hall–Kier alpha value is -4.13. The van der Waals surface area contributed by atoms with Crippen molar-refractivity contribution in [2.75, 3.05) is 18.1 Å². The Kier molecular flexibility index (Phi) is 7.38. The van der Waals surface area contributed by atoms with Gasteiger partial charge in [-0.3, -0.25) is 19.5 Å². The number of ketones is 1. The first-order valence-electron chi connectivity index (χ1n) is 12.0. The van der Waals surface area contributed by atoms with Gasteiger partial charge in [0.1, 0.15) is 17.3 Å². The summed E-state index contributed by atoms with van der Waals surface area (Å²) in [5, 5.41) is 11.4. The van der Waals surface area contributed by atoms with E-state index in [-0.39, 0.29) is 11.3 Å². The second kappa shape index (κ2) is 10.6. The summed E-state index contributed by atoms with van der Waals surface area (Å²) in [4.78, 5) is 32.2. The highest BCUT2D eigenvalue weighted by Crippen LogP contribution is 2.42. The minimum absolute atomic E-state index is 0.0112. The van der Waals surface area contributed by atoms with E-state index in [0.717, 1.165) is 5.56 Å². The van der Waals surface area contributed by atoms with Crippen molar-refractivity contribution < 1.29 is 24.2 Å². The fourth-order valence-electron chi connectivity index (χ4n) is 4.19. The molecule has 4 rings (SSSR count). The van der Waals surface area contributed by atoms with Gasteiger partial charge in [-0.25, -0.2) is 0 Å². The molecule has 1 aromatic heterocycles. The van der Waals surface area contributed by atoms with Gasteiger partial charge in [-0.1, -0.05) is 19.9 Å². The van der Waals surface area contributed by atoms with Crippen molar-refractivity contribution in [3.8, 4) is 11.5 Å². The molecule has 36 heavy (non-hydrogen) atoms. The lowest BCUT2D eigenvalue weighted by atomic mass is 9.95. The molecule has 2 aromatic carbocycles. The van der Waals surface area contributed by atoms with Crippen LogP contribution in [-0.4, -0.2) is 35.0 Å². The maximum absolute atomic E-state index is 13.3. The van der Waals surface area contributed by atoms with Gasteiger partial charge in [0, 0.05) is 23.6 Å². The maximum Gasteiger partial charge on any atom is 0.300 e. The molecular weight excluding hydrogens is 456 g/mol. The van der Waals surface area contributed by atoms with Crippen molar-refractivity contribution >= 4 is 23.1 Å². The van der Waals surface area contributed by atoms with Crippen LogP contribution in [-0.2, 0) is 9.59 Å². The lowest BCUT2D eigenvalue weighted by Gasteiger charge is -2.25. The number of benzene rings is 2. The van der Waals surface area contributed by atoms with Gasteiger partial charge in [-0.15, -0.1) is 0 Å². The first-order chi connectivity index (χ1) is 17.3. The monoisotopic (exact) mass is 486 g/mol. The molecule has 7 heteroatoms. The van der Waals surface area contributed by atoms with Crippen molar-refractivity contribution in [1.29, 1.82) is 0 Å². The Labute approximate surface area is 211 Å². The molecule has 186 valence electrons. The lowest BCUT2D eigenvalue weighted by molar-refractivity contribution is -0.132. The highest BCUT2D eigenvalue weighted by Gasteiger charge is 2.47. The summed E-state index contributed by atoms with van der Waals surface area (Å²) >= 11 is 0. The molecule has 1 N–H and O–H groups in total. The molecule has 1 aliphatic rings. The Morgan fingerprint density at radius 3 is 2.44 bits per heavy atom. The van der Waals surface area contributed by atoms with E-state index in [9.17, 15) is 14.7 Å². The van der Waals surface area contributed by atoms with Crippen LogP contribution in [0.2, 0.25) is 0 Å². The molecular formula is C29H30N2O5. The Morgan fingerprint density at radius 2 is 1.83 bits per heavy atom. The molecule has 3 aromatic rings. The molecule has 0 saturated carbocycles. The largest absolute Gasteiger partial charge is 0.507 e. The summed E-state index contributed by atoms with van der Waals surface area (Å²) in [7, 11) is 0. The molecule has 0 aliphatic carbocycles. The van der Waals surface area contributed by atoms with Crippen LogP contribution in [0.1, 0.15) is 43.5 Å². The fourth-order valence-corrected chi connectivity index (χ4v) is 4.19. The Bertz CT molecular complexity index is 1280. The summed E-state index contributed by atoms with van der Waals surface area (Å²) in [5.41, 5.74) is 2.39. The van der Waals surface area contributed by atoms with Crippen molar-refractivity contribution in [1.82, 2.24) is 4.98 Å². The number of anilines is 1. The van der Waals surface area contributed by atoms with Crippen molar-refractivity contribution in [3.63, 3.8) is 0 Å². The molecule has 1 unspecified atom stereocenters. The van der Waals surface area contributed by atoms with E-state index in [0.29, 0.717) is 47.4 Å². The third kappa shape index (κ3) is 4.96. The summed E-state index contributed by atoms with van der Waals surface area (Å²) < 4.78 is 11.4. The quantitative estimate of drug-likeness (QED) is 0.259. The van der Waals surface area contributed by atoms with E-state index in [1.54, 1.807) is 67.0 Å². The van der Waals surface area contributed by atoms with Gasteiger partial charge in [0.05, 0.1) is 24.8 Å². The minimum atomic E-state index is -0.839. The van der Waals surface area contributed by atoms with Crippen LogP contribution in [0.15, 0.2) is 72.6 Å². The predicted molar refractivity (Wildman–Crippen MR) is 138 cm³/mol. The average Bonchev–Trinajstić information content (AvgIpc) is 3.14. The van der Waals surface area contributed by atoms with Gasteiger partial charge in [0.2, 0.25) is 0 Å². The summed E-state index contributed by atoms with van der Waals surface area (Å²) in [5.74, 6) is 0.0193. The number of ether oxygens (including phenoxy) is 2. The number of rotatable bonds is 8. The maximum atomic E-state index is 13.3. The van der Waals surface area contributed by atoms with Crippen molar-refractivity contribution in [2.45, 2.75) is 33.7 Å². The van der Waals surface area contributed by atoms with Gasteiger partial charge in [0.25, 0.3) is 11.7 Å². The molecule has 1 aliphatic heterocycles. The highest BCUT2D eigenvalue weighted by atomic mass is 16.5. The highest BCUT2D eigenvalue weighted by molar-refractivity contribution is 6.51. The minimum Gasteiger partial charge on any atom is -0.507 e. The molecule has 0 spiro atoms. The number of aromatic nitrogens is 1. The second-order valence-electron chi connectivity index (χ2n) is 9.07. The summed E-state index contributed by atoms with van der Waals surface area (Å²) in [6.07, 6.45) is 3.21. The molecule has 1 atom stereocenters. The molecule has 7 nitrogen and oxygen atoms in total. The van der Waals surface area contributed by atoms with Crippen molar-refractivity contribution in [3.05, 3.63) is 89.3 Å². The van der Waals surface area contributed by atoms with E-state index in [2.05, 4.69) is 18.8 Å². The van der Waals surface area contributed by atoms with Gasteiger partial charge in [-0.05, 0) is 79.4 Å². The predicted octanol–water partition coefficient (Wildman–Crippen LogP) is 5.45. The van der Waals surface area contributed by atoms with Crippen LogP contribution in [0.4, 0.5) is 5.69 Å². The topological polar surface area (TPSA) is 89.0 Å². The summed E-state index contributed by atoms with van der Waals surface area (Å²) in [6.45, 7) is 8.98. The van der Waals surface area contributed by atoms with E-state index < -0.39 is 17.7 Å². The standard InChI is InChI=1S/C29H30N2O5/c1-5-35-23-11-9-22(10-12-23)31-26(21-7-6-14-30-16-21)25(28(33)29(31)34)27(32)20-8-13-24(19(4)15-20)36-17-18(2)3/h6-16,18,26,32H,5,17H2,1-4H3/b27-25-. The van der Waals surface area contributed by atoms with Crippen LogP contribution >= 0.6 is 0 Å². The number of nitrogens with zero attached hydrogens (tertiary/aromatic N) is 2. The van der Waals surface area contributed by atoms with E-state index in [4.69, 9.17) is 9.47 Å². The Balaban J connectivity index is 1.80. The number of amides is 1. The normalized spacial score (nSPS) is 17.0. The van der Waals surface area contributed by atoms with E-state index >= 15 is 0 Å². The number of aryl methyl sites for hydroxylation is 1. The zero-order chi connectivity index (χ0) is 25.8. The number of Topliss-reactive ketones (excluding diaryl/α,β-unsaturated/α-hetero) is 1. The first-order valence-corrected chi connectivity index (χ1v) is 12.0. The van der Waals surface area contributed by atoms with E-state index in [1.165, 1.54) is 4.90 Å². The van der Waals surface area contributed by atoms with Gasteiger partial charge in [0.15, 0.2) is 0 Å². The number of aliphatic hydroxyl groups excluding tert-OH is 1. The SMILES string of the molecule is CCOc1ccc(N2C(=O)C(=O)/C(=C(\O)c3ccc(OCC(C)C)c(C)c3)C2c2cccnc2)cc1. The molecule has 1 fully saturated rings. The zero-order valence-electron chi connectivity index (χ0n) is 20.9. The van der Waals surface area contributed by atoms with Gasteiger partial charge < -0.3 is 14.6 Å². The number of aliphatic hydroxyl groups is 1. The smallest absolute Gasteiger partial charge is 0.300 e. The lowest BCUT2D eigenvalue weighted by Crippen LogP contribution is -2.29. The van der Waals surface area contributed by atoms with Crippen LogP contribution in [0.3, 0.4) is 0 Å². The molecule has 1 saturated heterocycles. The second-order valence-corrected chi connectivity index (χ2v) is 9.07. The zero-order valence-corrected chi connectivity index (χ0v) is 20.9. The number of pyridine rings is 1. The number of carbonyl (C=O) groups excluding carboxylic acids is 2. The van der Waals surface area contributed by atoms with Crippen molar-refractivity contribution in [2.24, 2.45) is 5.92 Å². The average molecular weight is 487 g/mol. The fraction of sp³-hybridized carbons (Fsp3) is 0.276. The Morgan fingerprint density at radius 1 is 1.08 bits per heavy atom. The van der Waals surface area contributed by atoms with Crippen LogP contribution in [0, 0.1) is 12.8 Å². The number of carbonyl (C=O) groups is 2. The molecule has 0 bridgehead atoms. The van der Waals surface area contributed by atoms with Crippen LogP contribution < -0.4 is 14.4 Å². The summed E-state index contributed by atoms with van der Waals surface area (Å²) in [6, 6.07) is 14.9. The van der Waals surface area contributed by atoms with Gasteiger partial charge in [-0.2, -0.15) is 0 Å². The van der Waals surface area contributed by atoms with Gasteiger partial charge >= 0.3 is 0 Å². The molecule has 0 radical (unpaired) electrons. The number of hydrogen-bond acceptors (Lipinski definition) is 6. The molecule has 1 amide bonds. The number of hydrogen-bond donors (Lipinski definition) is 1.